The van der Waals surface area contributed by atoms with Crippen LogP contribution in [0.4, 0.5) is 4.79 Å². The van der Waals surface area contributed by atoms with Gasteiger partial charge in [0.2, 0.25) is 0 Å². The number of aliphatic carboxylic acids is 1. The molecule has 0 aliphatic carbocycles. The summed E-state index contributed by atoms with van der Waals surface area (Å²) in [7, 11) is 1.87. The molecule has 0 aliphatic heterocycles. The number of Topliss-reactive ketones (excluding diaryl/α,β-unsaturated/α-hetero) is 2. The Balaban J connectivity index is 0.000000173. The van der Waals surface area contributed by atoms with Crippen molar-refractivity contribution in [3.63, 3.8) is 0 Å². The van der Waals surface area contributed by atoms with Crippen LogP contribution in [0.2, 0.25) is 0 Å². The molecule has 0 radical (unpaired) electrons. The van der Waals surface area contributed by atoms with Gasteiger partial charge in [-0.2, -0.15) is 20.0 Å². The number of H-pyrrole nitrogens is 1. The fraction of sp³-hybridized carbons (Fsp3) is 0.342. The number of nitrogens with one attached hydrogen (secondary N) is 1. The maximum absolute atomic E-state index is 12.2. The number of hydrogen-bond donors (Lipinski definition) is 2. The standard InChI is InChI=1S/C16H20N2O3.C11H12N2O2.C11H12N2O/c1-11(19)9-10-13-12-7-5-6-8-14(12)18(17-13)15(20)21-16(2,3)4;1-13-10-5-3-2-4-8(10)9(12-13)6-7-11(14)15;1-8(14)6-7-11-9-4-2-3-5-10(9)12-13-11/h5-8H,9-10H2,1-4H3;2-5H,6-7H2,1H3,(H,14,15);2-5H,6-7H2,1H3,(H,12,13). The molecule has 6 aromatic rings. The number of nitrogens with zero attached hydrogens (tertiary/aromatic N) is 5. The van der Waals surface area contributed by atoms with E-state index in [1.54, 1.807) is 18.5 Å². The lowest BCUT2D eigenvalue weighted by Crippen LogP contribution is -2.27. The molecule has 12 nitrogen and oxygen atoms in total. The van der Waals surface area contributed by atoms with Gasteiger partial charge in [-0.3, -0.25) is 14.6 Å². The molecule has 6 rings (SSSR count). The number of ether oxygens (including phenoxy) is 1. The van der Waals surface area contributed by atoms with Crippen molar-refractivity contribution in [3.05, 3.63) is 89.9 Å². The van der Waals surface area contributed by atoms with E-state index >= 15 is 0 Å². The number of rotatable bonds is 9. The summed E-state index contributed by atoms with van der Waals surface area (Å²) in [5, 5.41) is 27.4. The summed E-state index contributed by atoms with van der Waals surface area (Å²) in [4.78, 5) is 44.7. The first-order valence-corrected chi connectivity index (χ1v) is 16.5. The molecule has 0 saturated carbocycles. The van der Waals surface area contributed by atoms with Crippen LogP contribution in [0.5, 0.6) is 0 Å². The van der Waals surface area contributed by atoms with Crippen molar-refractivity contribution in [1.29, 1.82) is 0 Å². The Kier molecular flexibility index (Phi) is 12.4. The van der Waals surface area contributed by atoms with Gasteiger partial charge in [0.15, 0.2) is 0 Å². The van der Waals surface area contributed by atoms with Crippen molar-refractivity contribution >= 4 is 56.3 Å². The molecular weight excluding hydrogens is 636 g/mol. The van der Waals surface area contributed by atoms with Crippen LogP contribution in [0.3, 0.4) is 0 Å². The van der Waals surface area contributed by atoms with Crippen LogP contribution in [0.1, 0.15) is 71.0 Å². The second-order valence-corrected chi connectivity index (χ2v) is 13.0. The minimum Gasteiger partial charge on any atom is -0.481 e. The van der Waals surface area contributed by atoms with Crippen LogP contribution in [0.15, 0.2) is 72.8 Å². The molecule has 12 heteroatoms. The van der Waals surface area contributed by atoms with E-state index in [0.29, 0.717) is 31.2 Å². The lowest BCUT2D eigenvalue weighted by molar-refractivity contribution is -0.137. The minimum absolute atomic E-state index is 0.103. The molecule has 3 aromatic heterocycles. The van der Waals surface area contributed by atoms with E-state index in [1.807, 2.05) is 101 Å². The molecule has 0 fully saturated rings. The monoisotopic (exact) mass is 680 g/mol. The van der Waals surface area contributed by atoms with E-state index < -0.39 is 17.7 Å². The quantitative estimate of drug-likeness (QED) is 0.163. The van der Waals surface area contributed by atoms with Crippen LogP contribution in [0.25, 0.3) is 32.7 Å². The Morgan fingerprint density at radius 1 is 0.720 bits per heavy atom. The minimum atomic E-state index is -0.787. The molecule has 0 aliphatic rings. The Morgan fingerprint density at radius 3 is 1.86 bits per heavy atom. The van der Waals surface area contributed by atoms with Crippen molar-refractivity contribution in [1.82, 2.24) is 29.8 Å². The fourth-order valence-electron chi connectivity index (χ4n) is 5.26. The normalized spacial score (nSPS) is 11.1. The van der Waals surface area contributed by atoms with Crippen molar-refractivity contribution in [2.24, 2.45) is 7.05 Å². The summed E-state index contributed by atoms with van der Waals surface area (Å²) in [6.07, 6.45) is 2.36. The third-order valence-corrected chi connectivity index (χ3v) is 7.62. The van der Waals surface area contributed by atoms with Gasteiger partial charge >= 0.3 is 12.1 Å². The van der Waals surface area contributed by atoms with Crippen LogP contribution in [-0.4, -0.2) is 64.1 Å². The van der Waals surface area contributed by atoms with Gasteiger partial charge in [-0.25, -0.2) is 4.79 Å². The number of para-hydroxylation sites is 3. The Hall–Kier alpha value is -5.65. The number of benzene rings is 3. The molecule has 50 heavy (non-hydrogen) atoms. The SMILES string of the molecule is CC(=O)CCc1[nH]nc2ccccc12.CC(=O)CCc1nn(C(=O)OC(C)(C)C)c2ccccc12.Cn1nc(CCC(=O)O)c2ccccc21. The number of aromatic amines is 1. The highest BCUT2D eigenvalue weighted by molar-refractivity contribution is 5.90. The van der Waals surface area contributed by atoms with Gasteiger partial charge in [0, 0.05) is 48.2 Å². The van der Waals surface area contributed by atoms with Crippen LogP contribution in [-0.2, 0) is 45.4 Å². The van der Waals surface area contributed by atoms with Gasteiger partial charge in [0.25, 0.3) is 0 Å². The number of carbonyl (C=O) groups is 4. The predicted molar refractivity (Wildman–Crippen MR) is 192 cm³/mol. The van der Waals surface area contributed by atoms with Crippen LogP contribution in [0, 0.1) is 0 Å². The Labute approximate surface area is 290 Å². The van der Waals surface area contributed by atoms with Gasteiger partial charge in [-0.1, -0.05) is 54.6 Å². The Morgan fingerprint density at radius 2 is 1.24 bits per heavy atom. The largest absolute Gasteiger partial charge is 0.481 e. The van der Waals surface area contributed by atoms with E-state index in [0.717, 1.165) is 50.7 Å². The number of hydrogen-bond acceptors (Lipinski definition) is 8. The van der Waals surface area contributed by atoms with Gasteiger partial charge in [0.1, 0.15) is 17.2 Å². The molecule has 0 bridgehead atoms. The second kappa shape index (κ2) is 16.6. The van der Waals surface area contributed by atoms with Gasteiger partial charge < -0.3 is 19.4 Å². The maximum Gasteiger partial charge on any atom is 0.435 e. The molecule has 262 valence electrons. The summed E-state index contributed by atoms with van der Waals surface area (Å²) in [6, 6.07) is 23.2. The number of carboxylic acids is 1. The third-order valence-electron chi connectivity index (χ3n) is 7.62. The highest BCUT2D eigenvalue weighted by Gasteiger charge is 2.22. The summed E-state index contributed by atoms with van der Waals surface area (Å²) in [5.41, 5.74) is 4.77. The molecule has 2 N–H and O–H groups in total. The number of carbonyl (C=O) groups excluding carboxylic acids is 3. The average Bonchev–Trinajstić information content (AvgIpc) is 3.75. The first kappa shape index (κ1) is 37.2. The first-order chi connectivity index (χ1) is 23.7. The number of fused-ring (bicyclic) bond motifs is 3. The predicted octanol–water partition coefficient (Wildman–Crippen LogP) is 7.02. The zero-order chi connectivity index (χ0) is 36.4. The highest BCUT2D eigenvalue weighted by atomic mass is 16.6. The summed E-state index contributed by atoms with van der Waals surface area (Å²) in [6.45, 7) is 8.60. The first-order valence-electron chi connectivity index (χ1n) is 16.5. The number of ketones is 2. The Bertz CT molecular complexity index is 2120. The molecule has 3 aromatic carbocycles. The zero-order valence-electron chi connectivity index (χ0n) is 29.4. The van der Waals surface area contributed by atoms with Crippen molar-refractivity contribution in [2.75, 3.05) is 0 Å². The summed E-state index contributed by atoms with van der Waals surface area (Å²) >= 11 is 0. The highest BCUT2D eigenvalue weighted by Crippen LogP contribution is 2.22. The molecule has 0 atom stereocenters. The van der Waals surface area contributed by atoms with E-state index in [2.05, 4.69) is 20.4 Å². The van der Waals surface area contributed by atoms with Gasteiger partial charge in [-0.05, 0) is 65.7 Å². The van der Waals surface area contributed by atoms with E-state index in [4.69, 9.17) is 9.84 Å². The van der Waals surface area contributed by atoms with Crippen LogP contribution >= 0.6 is 0 Å². The van der Waals surface area contributed by atoms with Gasteiger partial charge in [0.05, 0.1) is 34.4 Å². The zero-order valence-corrected chi connectivity index (χ0v) is 29.4. The van der Waals surface area contributed by atoms with Crippen molar-refractivity contribution < 1.29 is 29.0 Å². The fourth-order valence-corrected chi connectivity index (χ4v) is 5.26. The van der Waals surface area contributed by atoms with Crippen molar-refractivity contribution in [2.45, 2.75) is 78.7 Å². The smallest absolute Gasteiger partial charge is 0.435 e. The summed E-state index contributed by atoms with van der Waals surface area (Å²) in [5.74, 6) is -0.473. The number of aryl methyl sites for hydroxylation is 4. The lowest BCUT2D eigenvalue weighted by Gasteiger charge is -2.19. The van der Waals surface area contributed by atoms with Crippen LogP contribution < -0.4 is 0 Å². The average molecular weight is 681 g/mol. The topological polar surface area (TPSA) is 162 Å². The van der Waals surface area contributed by atoms with E-state index in [1.165, 1.54) is 4.68 Å². The second-order valence-electron chi connectivity index (χ2n) is 13.0. The molecule has 0 spiro atoms. The number of aromatic nitrogens is 6. The molecule has 0 unspecified atom stereocenters. The molecule has 0 amide bonds. The summed E-state index contributed by atoms with van der Waals surface area (Å²) < 4.78 is 8.42. The molecule has 0 saturated heterocycles. The lowest BCUT2D eigenvalue weighted by atomic mass is 10.1. The molecular formula is C38H44N6O6. The van der Waals surface area contributed by atoms with E-state index in [-0.39, 0.29) is 18.0 Å². The molecule has 3 heterocycles. The van der Waals surface area contributed by atoms with Gasteiger partial charge in [-0.15, -0.1) is 0 Å². The van der Waals surface area contributed by atoms with E-state index in [9.17, 15) is 19.2 Å². The third kappa shape index (κ3) is 10.2. The maximum atomic E-state index is 12.2. The van der Waals surface area contributed by atoms with Crippen molar-refractivity contribution in [3.8, 4) is 0 Å². The number of carboxylic acid groups (broad SMARTS) is 1.